The van der Waals surface area contributed by atoms with Crippen LogP contribution in [0.1, 0.15) is 38.7 Å². The van der Waals surface area contributed by atoms with Gasteiger partial charge in [0.05, 0.1) is 11.4 Å². The van der Waals surface area contributed by atoms with E-state index in [1.807, 2.05) is 10.6 Å². The van der Waals surface area contributed by atoms with Crippen molar-refractivity contribution in [1.29, 1.82) is 0 Å². The van der Waals surface area contributed by atoms with E-state index in [2.05, 4.69) is 20.3 Å². The molecule has 2 bridgehead atoms. The summed E-state index contributed by atoms with van der Waals surface area (Å²) in [7, 11) is 0. The van der Waals surface area contributed by atoms with Gasteiger partial charge in [-0.25, -0.2) is 4.39 Å². The number of alkyl halides is 3. The maximum absolute atomic E-state index is 13.5. The Labute approximate surface area is 248 Å². The van der Waals surface area contributed by atoms with Gasteiger partial charge in [0.15, 0.2) is 0 Å². The van der Waals surface area contributed by atoms with Gasteiger partial charge in [-0.05, 0) is 85.1 Å². The lowest BCUT2D eigenvalue weighted by Gasteiger charge is -2.44. The molecule has 1 saturated heterocycles. The minimum absolute atomic E-state index is 0.0317. The van der Waals surface area contributed by atoms with Crippen molar-refractivity contribution in [3.63, 3.8) is 0 Å². The van der Waals surface area contributed by atoms with Crippen LogP contribution in [0.25, 0.3) is 0 Å². The Morgan fingerprint density at radius 2 is 1.52 bits per heavy atom. The maximum Gasteiger partial charge on any atom is 0.573 e. The predicted molar refractivity (Wildman–Crippen MR) is 156 cm³/mol. The number of ether oxygens (including phenoxy) is 1. The van der Waals surface area contributed by atoms with E-state index in [4.69, 9.17) is 0 Å². The molecule has 2 N–H and O–H groups in total. The first-order valence-electron chi connectivity index (χ1n) is 13.9. The van der Waals surface area contributed by atoms with Gasteiger partial charge in [-0.2, -0.15) is 0 Å². The van der Waals surface area contributed by atoms with Gasteiger partial charge in [-0.1, -0.05) is 6.07 Å². The summed E-state index contributed by atoms with van der Waals surface area (Å²) in [5.41, 5.74) is 2.60. The quantitative estimate of drug-likeness (QED) is 0.262. The van der Waals surface area contributed by atoms with Crippen LogP contribution in [0.3, 0.4) is 0 Å². The highest BCUT2D eigenvalue weighted by atomic mass is 19.4. The molecule has 6 rings (SSSR count). The van der Waals surface area contributed by atoms with Crippen molar-refractivity contribution in [2.45, 2.75) is 25.2 Å². The molecule has 0 radical (unpaired) electrons. The molecule has 1 fully saturated rings. The minimum atomic E-state index is -4.84. The number of benzene rings is 3. The normalized spacial score (nSPS) is 17.4. The fourth-order valence-corrected chi connectivity index (χ4v) is 5.89. The van der Waals surface area contributed by atoms with Crippen LogP contribution in [0.15, 0.2) is 89.7 Å². The monoisotopic (exact) mass is 606 g/mol. The Hall–Kier alpha value is -5.13. The summed E-state index contributed by atoms with van der Waals surface area (Å²) < 4.78 is 56.6. The fourth-order valence-electron chi connectivity index (χ4n) is 5.89. The summed E-state index contributed by atoms with van der Waals surface area (Å²) in [5, 5.41) is 5.50. The third-order valence-corrected chi connectivity index (χ3v) is 7.78. The van der Waals surface area contributed by atoms with Crippen LogP contribution >= 0.6 is 0 Å². The number of hydrogen-bond acceptors (Lipinski definition) is 5. The van der Waals surface area contributed by atoms with Crippen LogP contribution in [0.4, 0.5) is 34.6 Å². The average Bonchev–Trinajstić information content (AvgIpc) is 2.98. The fraction of sp³-hybridized carbons (Fsp3) is 0.219. The standard InChI is InChI=1S/C32H26F4N4O4/c33-23-7-4-20(5-8-23)30(42)38-26-15-21(31(43)37-24-9-11-25(12-10-24)44-32(34,35)36)6-13-28(26)39-16-19-14-22(18-39)27-2-1-3-29(41)40(27)17-19/h1-13,15,19,22H,14,16-18H2,(H,37,43)(H,38,42)/t19-,22+/m1/s1. The number of anilines is 3. The van der Waals surface area contributed by atoms with Crippen LogP contribution in [0.2, 0.25) is 0 Å². The van der Waals surface area contributed by atoms with Gasteiger partial charge in [0.2, 0.25) is 0 Å². The zero-order chi connectivity index (χ0) is 31.0. The third kappa shape index (κ3) is 6.29. The Bertz CT molecular complexity index is 1770. The van der Waals surface area contributed by atoms with Crippen molar-refractivity contribution < 1.29 is 31.9 Å². The maximum atomic E-state index is 13.5. The summed E-state index contributed by atoms with van der Waals surface area (Å²) in [5.74, 6) is -1.69. The van der Waals surface area contributed by atoms with Gasteiger partial charge in [-0.3, -0.25) is 14.4 Å². The largest absolute Gasteiger partial charge is 0.573 e. The molecule has 2 aliphatic rings. The van der Waals surface area contributed by atoms with Crippen LogP contribution in [0, 0.1) is 11.7 Å². The smallest absolute Gasteiger partial charge is 0.406 e. The number of hydrogen-bond donors (Lipinski definition) is 2. The zero-order valence-corrected chi connectivity index (χ0v) is 23.1. The van der Waals surface area contributed by atoms with E-state index in [9.17, 15) is 31.9 Å². The molecular formula is C32H26F4N4O4. The van der Waals surface area contributed by atoms with Gasteiger partial charge in [0.1, 0.15) is 11.6 Å². The van der Waals surface area contributed by atoms with Crippen LogP contribution in [-0.4, -0.2) is 35.8 Å². The van der Waals surface area contributed by atoms with Gasteiger partial charge in [0, 0.05) is 54.1 Å². The number of nitrogens with one attached hydrogen (secondary N) is 2. The number of halogens is 4. The van der Waals surface area contributed by atoms with Gasteiger partial charge >= 0.3 is 6.36 Å². The number of aromatic nitrogens is 1. The molecule has 2 atom stereocenters. The number of nitrogens with zero attached hydrogens (tertiary/aromatic N) is 2. The van der Waals surface area contributed by atoms with Gasteiger partial charge in [-0.15, -0.1) is 13.2 Å². The van der Waals surface area contributed by atoms with Crippen LogP contribution in [0.5, 0.6) is 5.75 Å². The number of fused-ring (bicyclic) bond motifs is 4. The van der Waals surface area contributed by atoms with E-state index in [1.54, 1.807) is 24.3 Å². The molecule has 12 heteroatoms. The topological polar surface area (TPSA) is 92.7 Å². The molecule has 0 saturated carbocycles. The third-order valence-electron chi connectivity index (χ3n) is 7.78. The number of pyridine rings is 1. The molecule has 0 unspecified atom stereocenters. The van der Waals surface area contributed by atoms with Crippen molar-refractivity contribution in [2.75, 3.05) is 28.6 Å². The van der Waals surface area contributed by atoms with Crippen molar-refractivity contribution in [2.24, 2.45) is 5.92 Å². The predicted octanol–water partition coefficient (Wildman–Crippen LogP) is 6.01. The van der Waals surface area contributed by atoms with Crippen molar-refractivity contribution in [3.8, 4) is 5.75 Å². The molecular weight excluding hydrogens is 580 g/mol. The van der Waals surface area contributed by atoms with Crippen molar-refractivity contribution in [1.82, 2.24) is 4.57 Å². The molecule has 0 spiro atoms. The number of carbonyl (C=O) groups is 2. The first-order chi connectivity index (χ1) is 21.0. The molecule has 44 heavy (non-hydrogen) atoms. The second-order valence-corrected chi connectivity index (χ2v) is 10.8. The molecule has 1 aromatic heterocycles. The summed E-state index contributed by atoms with van der Waals surface area (Å²) in [6.07, 6.45) is -3.92. The summed E-state index contributed by atoms with van der Waals surface area (Å²) >= 11 is 0. The highest BCUT2D eigenvalue weighted by Crippen LogP contribution is 2.39. The Morgan fingerprint density at radius 1 is 0.818 bits per heavy atom. The Balaban J connectivity index is 1.28. The number of carbonyl (C=O) groups excluding carboxylic acids is 2. The second kappa shape index (κ2) is 11.5. The number of piperidine rings is 1. The molecule has 4 aromatic rings. The SMILES string of the molecule is O=C(Nc1ccc(OC(F)(F)F)cc1)c1ccc(N2C[C@H]3C[C@@H](C2)c2cccc(=O)n2C3)c(NC(=O)c2ccc(F)cc2)c1. The molecule has 0 aliphatic carbocycles. The molecule has 226 valence electrons. The lowest BCUT2D eigenvalue weighted by atomic mass is 9.83. The van der Waals surface area contributed by atoms with E-state index in [-0.39, 0.29) is 34.2 Å². The van der Waals surface area contributed by atoms with E-state index in [0.29, 0.717) is 31.0 Å². The molecule has 3 heterocycles. The van der Waals surface area contributed by atoms with E-state index >= 15 is 0 Å². The lowest BCUT2D eigenvalue weighted by Crippen LogP contribution is -2.47. The first kappa shape index (κ1) is 29.0. The zero-order valence-electron chi connectivity index (χ0n) is 23.1. The van der Waals surface area contributed by atoms with E-state index in [1.165, 1.54) is 42.5 Å². The second-order valence-electron chi connectivity index (χ2n) is 10.8. The molecule has 3 aromatic carbocycles. The highest BCUT2D eigenvalue weighted by molar-refractivity contribution is 6.09. The average molecular weight is 607 g/mol. The van der Waals surface area contributed by atoms with Crippen molar-refractivity contribution >= 4 is 28.9 Å². The summed E-state index contributed by atoms with van der Waals surface area (Å²) in [6.45, 7) is 1.78. The Kier molecular flexibility index (Phi) is 7.58. The van der Waals surface area contributed by atoms with E-state index in [0.717, 1.165) is 24.2 Å². The summed E-state index contributed by atoms with van der Waals surface area (Å²) in [4.78, 5) is 40.9. The minimum Gasteiger partial charge on any atom is -0.406 e. The molecule has 8 nitrogen and oxygen atoms in total. The Morgan fingerprint density at radius 3 is 2.25 bits per heavy atom. The van der Waals surface area contributed by atoms with Crippen LogP contribution < -0.4 is 25.8 Å². The van der Waals surface area contributed by atoms with E-state index < -0.39 is 29.7 Å². The number of amides is 2. The molecule has 2 amide bonds. The summed E-state index contributed by atoms with van der Waals surface area (Å²) in [6, 6.07) is 19.9. The lowest BCUT2D eigenvalue weighted by molar-refractivity contribution is -0.274. The van der Waals surface area contributed by atoms with Crippen molar-refractivity contribution in [3.05, 3.63) is 118 Å². The first-order valence-corrected chi connectivity index (χ1v) is 13.9. The number of rotatable bonds is 6. The highest BCUT2D eigenvalue weighted by Gasteiger charge is 2.35. The van der Waals surface area contributed by atoms with Gasteiger partial charge in [0.25, 0.3) is 17.4 Å². The van der Waals surface area contributed by atoms with Gasteiger partial charge < -0.3 is 24.8 Å². The molecule has 2 aliphatic heterocycles. The van der Waals surface area contributed by atoms with Crippen LogP contribution in [-0.2, 0) is 6.54 Å².